The first-order valence-corrected chi connectivity index (χ1v) is 10.7. The van der Waals surface area contributed by atoms with Crippen molar-refractivity contribution < 1.29 is 28.9 Å². The molecule has 178 valence electrons. The number of amides is 1. The summed E-state index contributed by atoms with van der Waals surface area (Å²) < 4.78 is 16.2. The van der Waals surface area contributed by atoms with Crippen molar-refractivity contribution in [3.8, 4) is 5.75 Å². The molecule has 2 aromatic rings. The molecule has 0 spiro atoms. The van der Waals surface area contributed by atoms with Crippen LogP contribution in [0.25, 0.3) is 0 Å². The van der Waals surface area contributed by atoms with E-state index in [9.17, 15) is 19.5 Å². The monoisotopic (exact) mass is 459 g/mol. The van der Waals surface area contributed by atoms with Gasteiger partial charge in [-0.1, -0.05) is 30.3 Å². The molecule has 10 heteroatoms. The van der Waals surface area contributed by atoms with Crippen molar-refractivity contribution in [1.82, 2.24) is 14.9 Å². The highest BCUT2D eigenvalue weighted by Crippen LogP contribution is 2.32. The zero-order valence-corrected chi connectivity index (χ0v) is 19.2. The largest absolute Gasteiger partial charge is 0.501 e. The molecule has 2 heterocycles. The Labute approximate surface area is 191 Å². The molecule has 33 heavy (non-hydrogen) atoms. The summed E-state index contributed by atoms with van der Waals surface area (Å²) >= 11 is 0. The van der Waals surface area contributed by atoms with E-state index in [4.69, 9.17) is 9.47 Å². The van der Waals surface area contributed by atoms with Gasteiger partial charge in [-0.3, -0.25) is 9.69 Å². The summed E-state index contributed by atoms with van der Waals surface area (Å²) in [5.74, 6) is -1.77. The Morgan fingerprint density at radius 1 is 1.24 bits per heavy atom. The quantitative estimate of drug-likeness (QED) is 0.653. The summed E-state index contributed by atoms with van der Waals surface area (Å²) in [7, 11) is 1.12. The summed E-state index contributed by atoms with van der Waals surface area (Å²) in [4.78, 5) is 45.3. The normalized spacial score (nSPS) is 18.6. The van der Waals surface area contributed by atoms with Gasteiger partial charge in [0.15, 0.2) is 5.69 Å². The highest BCUT2D eigenvalue weighted by atomic mass is 16.6. The molecule has 10 nitrogen and oxygen atoms in total. The van der Waals surface area contributed by atoms with Crippen LogP contribution in [0, 0.1) is 0 Å². The molecule has 2 unspecified atom stereocenters. The number of carbonyl (C=O) groups excluding carboxylic acids is 2. The van der Waals surface area contributed by atoms with Gasteiger partial charge in [0.25, 0.3) is 5.56 Å². The number of aromatic amines is 1. The van der Waals surface area contributed by atoms with E-state index in [2.05, 4.69) is 14.7 Å². The number of rotatable bonds is 5. The molecule has 1 aliphatic rings. The van der Waals surface area contributed by atoms with Gasteiger partial charge in [0.05, 0.1) is 25.9 Å². The average molecular weight is 459 g/mol. The van der Waals surface area contributed by atoms with Crippen LogP contribution in [-0.4, -0.2) is 57.4 Å². The van der Waals surface area contributed by atoms with Crippen molar-refractivity contribution in [3.05, 3.63) is 57.8 Å². The molecular formula is C23H29N3O7. The minimum atomic E-state index is -0.962. The van der Waals surface area contributed by atoms with E-state index in [1.165, 1.54) is 4.90 Å². The fourth-order valence-corrected chi connectivity index (χ4v) is 3.55. The molecule has 2 atom stereocenters. The summed E-state index contributed by atoms with van der Waals surface area (Å²) in [5, 5.41) is 9.98. The number of benzene rings is 1. The van der Waals surface area contributed by atoms with Gasteiger partial charge in [-0.05, 0) is 32.8 Å². The number of esters is 1. The summed E-state index contributed by atoms with van der Waals surface area (Å²) in [6.07, 6.45) is 0.0359. The highest BCUT2D eigenvalue weighted by Gasteiger charge is 2.38. The van der Waals surface area contributed by atoms with Gasteiger partial charge in [0.2, 0.25) is 5.75 Å². The van der Waals surface area contributed by atoms with E-state index in [0.29, 0.717) is 19.4 Å². The van der Waals surface area contributed by atoms with Crippen molar-refractivity contribution in [2.45, 2.75) is 58.0 Å². The maximum absolute atomic E-state index is 12.9. The number of nitrogens with one attached hydrogen (secondary N) is 1. The van der Waals surface area contributed by atoms with Gasteiger partial charge in [-0.2, -0.15) is 0 Å². The lowest BCUT2D eigenvalue weighted by Crippen LogP contribution is -2.46. The third kappa shape index (κ3) is 6.10. The van der Waals surface area contributed by atoms with Crippen LogP contribution in [0.3, 0.4) is 0 Å². The number of carbonyl (C=O) groups is 2. The molecule has 1 aromatic carbocycles. The number of aromatic hydroxyl groups is 1. The van der Waals surface area contributed by atoms with Crippen LogP contribution < -0.4 is 5.56 Å². The Hall–Kier alpha value is -3.40. The second-order valence-corrected chi connectivity index (χ2v) is 8.77. The molecule has 0 saturated carbocycles. The number of H-pyrrole nitrogens is 1. The number of piperidine rings is 1. The predicted octanol–water partition coefficient (Wildman–Crippen LogP) is 2.92. The number of ether oxygens (including phenoxy) is 3. The van der Waals surface area contributed by atoms with Crippen molar-refractivity contribution in [1.29, 1.82) is 0 Å². The van der Waals surface area contributed by atoms with E-state index >= 15 is 0 Å². The molecule has 1 aromatic heterocycles. The number of hydrogen-bond acceptors (Lipinski definition) is 8. The molecular weight excluding hydrogens is 430 g/mol. The molecule has 1 amide bonds. The van der Waals surface area contributed by atoms with Gasteiger partial charge in [-0.15, -0.1) is 0 Å². The summed E-state index contributed by atoms with van der Waals surface area (Å²) in [6.45, 7) is 5.94. The van der Waals surface area contributed by atoms with Gasteiger partial charge in [0.1, 0.15) is 11.4 Å². The van der Waals surface area contributed by atoms with Gasteiger partial charge >= 0.3 is 12.1 Å². The number of aromatic nitrogens is 2. The van der Waals surface area contributed by atoms with E-state index < -0.39 is 40.7 Å². The smallest absolute Gasteiger partial charge is 0.410 e. The van der Waals surface area contributed by atoms with Gasteiger partial charge < -0.3 is 24.3 Å². The predicted molar refractivity (Wildman–Crippen MR) is 118 cm³/mol. The number of nitrogens with zero attached hydrogens (tertiary/aromatic N) is 2. The lowest BCUT2D eigenvalue weighted by Gasteiger charge is -2.39. The van der Waals surface area contributed by atoms with Crippen LogP contribution in [0.5, 0.6) is 5.75 Å². The first-order chi connectivity index (χ1) is 15.6. The minimum Gasteiger partial charge on any atom is -0.501 e. The van der Waals surface area contributed by atoms with Crippen LogP contribution in [0.2, 0.25) is 0 Å². The topological polar surface area (TPSA) is 131 Å². The second-order valence-electron chi connectivity index (χ2n) is 8.77. The molecule has 1 saturated heterocycles. The fourth-order valence-electron chi connectivity index (χ4n) is 3.55. The lowest BCUT2D eigenvalue weighted by atomic mass is 9.98. The van der Waals surface area contributed by atoms with Crippen molar-refractivity contribution in [3.63, 3.8) is 0 Å². The van der Waals surface area contributed by atoms with Crippen LogP contribution >= 0.6 is 0 Å². The Morgan fingerprint density at radius 3 is 2.58 bits per heavy atom. The molecule has 0 radical (unpaired) electrons. The Bertz CT molecular complexity index is 1050. The van der Waals surface area contributed by atoms with Gasteiger partial charge in [-0.25, -0.2) is 14.6 Å². The Morgan fingerprint density at radius 2 is 1.94 bits per heavy atom. The number of hydrogen-bond donors (Lipinski definition) is 2. The number of likely N-dealkylation sites (tertiary alicyclic amines) is 1. The standard InChI is InChI=1S/C23H29N3O7/c1-23(2,3)33-22(30)26-11-10-15(32-13-14-8-6-5-7-9-14)12-16(26)19-24-17(21(29)31-4)18(27)20(28)25-19/h5-9,15-16,27H,10-13H2,1-4H3,(H,24,25,28). The van der Waals surface area contributed by atoms with Crippen molar-refractivity contribution >= 4 is 12.1 Å². The molecule has 1 aliphatic heterocycles. The molecule has 0 bridgehead atoms. The van der Waals surface area contributed by atoms with Crippen LogP contribution in [-0.2, 0) is 20.8 Å². The van der Waals surface area contributed by atoms with E-state index in [0.717, 1.165) is 12.7 Å². The lowest BCUT2D eigenvalue weighted by molar-refractivity contribution is -0.0385. The zero-order chi connectivity index (χ0) is 24.2. The maximum atomic E-state index is 12.9. The zero-order valence-electron chi connectivity index (χ0n) is 19.2. The molecule has 2 N–H and O–H groups in total. The SMILES string of the molecule is COC(=O)c1nc(C2CC(OCc3ccccc3)CCN2C(=O)OC(C)(C)C)[nH]c(=O)c1O. The van der Waals surface area contributed by atoms with Gasteiger partial charge in [0, 0.05) is 13.0 Å². The average Bonchev–Trinajstić information content (AvgIpc) is 2.78. The summed E-state index contributed by atoms with van der Waals surface area (Å²) in [6, 6.07) is 8.93. The molecule has 3 rings (SSSR count). The number of methoxy groups -OCH3 is 1. The first-order valence-electron chi connectivity index (χ1n) is 10.7. The van der Waals surface area contributed by atoms with E-state index in [1.807, 2.05) is 30.3 Å². The van der Waals surface area contributed by atoms with E-state index in [-0.39, 0.29) is 18.5 Å². The minimum absolute atomic E-state index is 0.0390. The molecule has 1 fully saturated rings. The third-order valence-corrected chi connectivity index (χ3v) is 5.12. The fraction of sp³-hybridized carbons (Fsp3) is 0.478. The Balaban J connectivity index is 1.90. The molecule has 0 aliphatic carbocycles. The van der Waals surface area contributed by atoms with Crippen molar-refractivity contribution in [2.24, 2.45) is 0 Å². The van der Waals surface area contributed by atoms with Crippen LogP contribution in [0.15, 0.2) is 35.1 Å². The van der Waals surface area contributed by atoms with Crippen LogP contribution in [0.1, 0.15) is 61.5 Å². The van der Waals surface area contributed by atoms with Crippen molar-refractivity contribution in [2.75, 3.05) is 13.7 Å². The van der Waals surface area contributed by atoms with Crippen LogP contribution in [0.4, 0.5) is 4.79 Å². The maximum Gasteiger partial charge on any atom is 0.410 e. The highest BCUT2D eigenvalue weighted by molar-refractivity contribution is 5.89. The third-order valence-electron chi connectivity index (χ3n) is 5.12. The Kier molecular flexibility index (Phi) is 7.37. The summed E-state index contributed by atoms with van der Waals surface area (Å²) in [5.41, 5.74) is -1.15. The second kappa shape index (κ2) is 10.0. The van der Waals surface area contributed by atoms with E-state index in [1.54, 1.807) is 20.8 Å². The first kappa shape index (κ1) is 24.2.